The predicted molar refractivity (Wildman–Crippen MR) is 124 cm³/mol. The zero-order valence-corrected chi connectivity index (χ0v) is 19.1. The molecule has 0 aliphatic heterocycles. The smallest absolute Gasteiger partial charge is 0.175 e. The van der Waals surface area contributed by atoms with E-state index in [1.807, 2.05) is 48.5 Å². The van der Waals surface area contributed by atoms with Gasteiger partial charge in [0.05, 0.1) is 37.4 Å². The van der Waals surface area contributed by atoms with E-state index in [1.54, 1.807) is 39.5 Å². The van der Waals surface area contributed by atoms with Crippen LogP contribution in [-0.2, 0) is 6.61 Å². The highest BCUT2D eigenvalue weighted by Gasteiger charge is 2.13. The first-order chi connectivity index (χ1) is 15.1. The predicted octanol–water partition coefficient (Wildman–Crippen LogP) is 6.12. The van der Waals surface area contributed by atoms with Gasteiger partial charge in [0, 0.05) is 0 Å². The van der Waals surface area contributed by atoms with E-state index >= 15 is 0 Å². The molecule has 6 heteroatoms. The molecule has 0 heterocycles. The van der Waals surface area contributed by atoms with E-state index in [2.05, 4.69) is 22.0 Å². The molecule has 0 N–H and O–H groups in total. The highest BCUT2D eigenvalue weighted by Crippen LogP contribution is 2.38. The molecule has 3 rings (SSSR count). The summed E-state index contributed by atoms with van der Waals surface area (Å²) in [6.07, 6.45) is 1.79. The number of nitriles is 1. The van der Waals surface area contributed by atoms with Crippen LogP contribution in [0.5, 0.6) is 23.0 Å². The lowest BCUT2D eigenvalue weighted by Gasteiger charge is -2.14. The van der Waals surface area contributed by atoms with E-state index in [-0.39, 0.29) is 0 Å². The quantitative estimate of drug-likeness (QED) is 0.287. The first-order valence-electron chi connectivity index (χ1n) is 9.48. The van der Waals surface area contributed by atoms with Gasteiger partial charge >= 0.3 is 0 Å². The molecule has 0 unspecified atom stereocenters. The molecule has 0 spiro atoms. The fourth-order valence-corrected chi connectivity index (χ4v) is 3.62. The first-order valence-corrected chi connectivity index (χ1v) is 10.3. The molecule has 0 aliphatic carbocycles. The third-order valence-corrected chi connectivity index (χ3v) is 5.19. The van der Waals surface area contributed by atoms with Crippen molar-refractivity contribution in [2.75, 3.05) is 21.3 Å². The van der Waals surface area contributed by atoms with Crippen LogP contribution < -0.4 is 18.9 Å². The fourth-order valence-electron chi connectivity index (χ4n) is 3.04. The summed E-state index contributed by atoms with van der Waals surface area (Å²) in [4.78, 5) is 0. The molecule has 5 nitrogen and oxygen atoms in total. The topological polar surface area (TPSA) is 60.7 Å². The summed E-state index contributed by atoms with van der Waals surface area (Å²) < 4.78 is 22.9. The van der Waals surface area contributed by atoms with Crippen molar-refractivity contribution in [1.29, 1.82) is 5.26 Å². The molecule has 0 atom stereocenters. The Morgan fingerprint density at radius 3 is 2.26 bits per heavy atom. The van der Waals surface area contributed by atoms with Crippen LogP contribution >= 0.6 is 15.9 Å². The van der Waals surface area contributed by atoms with Gasteiger partial charge < -0.3 is 18.9 Å². The van der Waals surface area contributed by atoms with Gasteiger partial charge in [0.15, 0.2) is 23.0 Å². The second kappa shape index (κ2) is 10.6. The zero-order valence-electron chi connectivity index (χ0n) is 17.5. The SMILES string of the molecule is COc1ccc(/C(C#N)=C/c2cc(Br)c(OCc3ccccc3)c(OC)c2)cc1OC. The Balaban J connectivity index is 1.92. The Labute approximate surface area is 190 Å². The number of benzene rings is 3. The minimum atomic E-state index is 0.417. The second-order valence-electron chi connectivity index (χ2n) is 6.55. The summed E-state index contributed by atoms with van der Waals surface area (Å²) >= 11 is 3.57. The van der Waals surface area contributed by atoms with Gasteiger partial charge in [0.25, 0.3) is 0 Å². The Kier molecular flexibility index (Phi) is 7.58. The van der Waals surface area contributed by atoms with E-state index < -0.39 is 0 Å². The fraction of sp³-hybridized carbons (Fsp3) is 0.160. The number of ether oxygens (including phenoxy) is 4. The number of nitrogens with zero attached hydrogens (tertiary/aromatic N) is 1. The Morgan fingerprint density at radius 1 is 0.903 bits per heavy atom. The van der Waals surface area contributed by atoms with Crippen molar-refractivity contribution >= 4 is 27.6 Å². The summed E-state index contributed by atoms with van der Waals surface area (Å²) in [6.45, 7) is 0.417. The number of methoxy groups -OCH3 is 3. The van der Waals surface area contributed by atoms with Crippen molar-refractivity contribution in [3.63, 3.8) is 0 Å². The van der Waals surface area contributed by atoms with Gasteiger partial charge in [-0.2, -0.15) is 5.26 Å². The average Bonchev–Trinajstić information content (AvgIpc) is 2.81. The third-order valence-electron chi connectivity index (χ3n) is 4.60. The summed E-state index contributed by atoms with van der Waals surface area (Å²) in [5.41, 5.74) is 3.05. The Morgan fingerprint density at radius 2 is 1.61 bits per heavy atom. The van der Waals surface area contributed by atoms with Gasteiger partial charge in [0.1, 0.15) is 6.61 Å². The van der Waals surface area contributed by atoms with E-state index in [0.717, 1.165) is 21.2 Å². The van der Waals surface area contributed by atoms with Crippen molar-refractivity contribution in [2.24, 2.45) is 0 Å². The third kappa shape index (κ3) is 5.39. The van der Waals surface area contributed by atoms with Gasteiger partial charge in [-0.05, 0) is 69.0 Å². The molecule has 0 aliphatic rings. The Hall–Kier alpha value is -3.43. The number of hydrogen-bond acceptors (Lipinski definition) is 5. The first kappa shape index (κ1) is 22.3. The molecule has 3 aromatic rings. The minimum absolute atomic E-state index is 0.417. The van der Waals surface area contributed by atoms with Gasteiger partial charge in [-0.1, -0.05) is 30.3 Å². The van der Waals surface area contributed by atoms with E-state index in [4.69, 9.17) is 18.9 Å². The average molecular weight is 480 g/mol. The molecule has 0 radical (unpaired) electrons. The molecule has 0 saturated carbocycles. The van der Waals surface area contributed by atoms with Crippen molar-refractivity contribution in [2.45, 2.75) is 6.61 Å². The van der Waals surface area contributed by atoms with E-state index in [9.17, 15) is 5.26 Å². The normalized spacial score (nSPS) is 10.9. The highest BCUT2D eigenvalue weighted by atomic mass is 79.9. The van der Waals surface area contributed by atoms with Gasteiger partial charge in [0.2, 0.25) is 0 Å². The molecule has 3 aromatic carbocycles. The molecule has 158 valence electrons. The van der Waals surface area contributed by atoms with Crippen molar-refractivity contribution < 1.29 is 18.9 Å². The van der Waals surface area contributed by atoms with E-state index in [0.29, 0.717) is 35.2 Å². The number of halogens is 1. The maximum absolute atomic E-state index is 9.73. The lowest BCUT2D eigenvalue weighted by molar-refractivity contribution is 0.282. The Bertz CT molecular complexity index is 1120. The molecule has 0 bridgehead atoms. The zero-order chi connectivity index (χ0) is 22.2. The van der Waals surface area contributed by atoms with Crippen LogP contribution in [0.4, 0.5) is 0 Å². The molecule has 0 aromatic heterocycles. The highest BCUT2D eigenvalue weighted by molar-refractivity contribution is 9.10. The summed E-state index contributed by atoms with van der Waals surface area (Å²) in [5.74, 6) is 2.34. The number of allylic oxidation sites excluding steroid dienone is 1. The van der Waals surface area contributed by atoms with Crippen molar-refractivity contribution in [3.05, 3.63) is 81.8 Å². The maximum atomic E-state index is 9.73. The molecule has 31 heavy (non-hydrogen) atoms. The maximum Gasteiger partial charge on any atom is 0.175 e. The summed E-state index contributed by atoms with van der Waals surface area (Å²) in [5, 5.41) is 9.73. The van der Waals surface area contributed by atoms with Gasteiger partial charge in [-0.25, -0.2) is 0 Å². The van der Waals surface area contributed by atoms with Crippen LogP contribution in [0.15, 0.2) is 65.1 Å². The van der Waals surface area contributed by atoms with Gasteiger partial charge in [-0.15, -0.1) is 0 Å². The molecule has 0 fully saturated rings. The number of rotatable bonds is 8. The van der Waals surface area contributed by atoms with Crippen LogP contribution in [-0.4, -0.2) is 21.3 Å². The van der Waals surface area contributed by atoms with E-state index in [1.165, 1.54) is 0 Å². The summed E-state index contributed by atoms with van der Waals surface area (Å²) in [7, 11) is 4.72. The molecular weight excluding hydrogens is 458 g/mol. The van der Waals surface area contributed by atoms with Crippen LogP contribution in [0, 0.1) is 11.3 Å². The van der Waals surface area contributed by atoms with Crippen LogP contribution in [0.1, 0.15) is 16.7 Å². The van der Waals surface area contributed by atoms with Crippen molar-refractivity contribution in [1.82, 2.24) is 0 Å². The van der Waals surface area contributed by atoms with Crippen LogP contribution in [0.2, 0.25) is 0 Å². The van der Waals surface area contributed by atoms with Gasteiger partial charge in [-0.3, -0.25) is 0 Å². The molecular formula is C25H22BrNO4. The summed E-state index contributed by atoms with van der Waals surface area (Å²) in [6, 6.07) is 21.2. The lowest BCUT2D eigenvalue weighted by Crippen LogP contribution is -1.99. The van der Waals surface area contributed by atoms with Crippen molar-refractivity contribution in [3.8, 4) is 29.1 Å². The molecule has 0 amide bonds. The van der Waals surface area contributed by atoms with Crippen LogP contribution in [0.25, 0.3) is 11.6 Å². The standard InChI is InChI=1S/C25H22BrNO4/c1-28-22-10-9-19(14-23(22)29-2)20(15-27)11-18-12-21(26)25(24(13-18)30-3)31-16-17-7-5-4-6-8-17/h4-14H,16H2,1-3H3/b20-11+. The largest absolute Gasteiger partial charge is 0.493 e. The molecule has 0 saturated heterocycles. The minimum Gasteiger partial charge on any atom is -0.493 e. The lowest BCUT2D eigenvalue weighted by atomic mass is 10.0. The second-order valence-corrected chi connectivity index (χ2v) is 7.40. The van der Waals surface area contributed by atoms with Crippen LogP contribution in [0.3, 0.4) is 0 Å². The number of hydrogen-bond donors (Lipinski definition) is 0. The monoisotopic (exact) mass is 479 g/mol.